The maximum absolute atomic E-state index is 13.0. The van der Waals surface area contributed by atoms with Crippen molar-refractivity contribution < 1.29 is 14.3 Å². The predicted octanol–water partition coefficient (Wildman–Crippen LogP) is 1.08. The Balaban J connectivity index is 2.57. The van der Waals surface area contributed by atoms with Gasteiger partial charge < -0.3 is 5.11 Å². The van der Waals surface area contributed by atoms with Gasteiger partial charge in [-0.15, -0.1) is 0 Å². The number of hydrogen-bond donors (Lipinski definition) is 1. The first-order valence-corrected chi connectivity index (χ1v) is 3.65. The summed E-state index contributed by atoms with van der Waals surface area (Å²) in [6.45, 7) is 0. The van der Waals surface area contributed by atoms with E-state index >= 15 is 0 Å². The monoisotopic (exact) mass is 166 g/mol. The molecule has 0 amide bonds. The van der Waals surface area contributed by atoms with Crippen molar-refractivity contribution in [1.29, 1.82) is 0 Å². The summed E-state index contributed by atoms with van der Waals surface area (Å²) in [5.74, 6) is -3.50. The SMILES string of the molecule is O=C1c2ccccc2CC1(O)F. The molecule has 2 nitrogen and oxygen atoms in total. The number of benzene rings is 1. The Morgan fingerprint density at radius 3 is 2.75 bits per heavy atom. The summed E-state index contributed by atoms with van der Waals surface area (Å²) in [6, 6.07) is 6.53. The Hall–Kier alpha value is -1.22. The lowest BCUT2D eigenvalue weighted by molar-refractivity contribution is -0.0491. The molecule has 1 aliphatic rings. The molecule has 0 saturated carbocycles. The molecule has 1 unspecified atom stereocenters. The molecule has 62 valence electrons. The van der Waals surface area contributed by atoms with E-state index in [-0.39, 0.29) is 6.42 Å². The first-order chi connectivity index (χ1) is 5.61. The lowest BCUT2D eigenvalue weighted by Crippen LogP contribution is -2.29. The molecule has 0 radical (unpaired) electrons. The number of aliphatic hydroxyl groups is 1. The standard InChI is InChI=1S/C9H7FO2/c10-9(12)5-6-3-1-2-4-7(6)8(9)11/h1-4,12H,5H2. The molecular formula is C9H7FO2. The van der Waals surface area contributed by atoms with E-state index in [0.29, 0.717) is 11.1 Å². The normalized spacial score (nSPS) is 27.3. The second kappa shape index (κ2) is 2.14. The molecular weight excluding hydrogens is 159 g/mol. The van der Waals surface area contributed by atoms with E-state index in [1.165, 1.54) is 6.07 Å². The average molecular weight is 166 g/mol. The molecule has 1 aromatic carbocycles. The highest BCUT2D eigenvalue weighted by Crippen LogP contribution is 2.30. The van der Waals surface area contributed by atoms with E-state index in [2.05, 4.69) is 0 Å². The molecule has 1 N–H and O–H groups in total. The van der Waals surface area contributed by atoms with Crippen molar-refractivity contribution in [3.63, 3.8) is 0 Å². The Morgan fingerprint density at radius 1 is 1.42 bits per heavy atom. The lowest BCUT2D eigenvalue weighted by atomic mass is 10.1. The van der Waals surface area contributed by atoms with E-state index in [4.69, 9.17) is 5.11 Å². The summed E-state index contributed by atoms with van der Waals surface area (Å²) in [5.41, 5.74) is 0.870. The summed E-state index contributed by atoms with van der Waals surface area (Å²) >= 11 is 0. The molecule has 0 saturated heterocycles. The number of carbonyl (C=O) groups is 1. The number of rotatable bonds is 0. The second-order valence-electron chi connectivity index (χ2n) is 2.92. The van der Waals surface area contributed by atoms with E-state index < -0.39 is 11.6 Å². The van der Waals surface area contributed by atoms with Crippen LogP contribution in [0.4, 0.5) is 4.39 Å². The van der Waals surface area contributed by atoms with Crippen molar-refractivity contribution in [2.75, 3.05) is 0 Å². The molecule has 0 heterocycles. The van der Waals surface area contributed by atoms with Gasteiger partial charge in [-0.1, -0.05) is 24.3 Å². The van der Waals surface area contributed by atoms with E-state index in [1.54, 1.807) is 18.2 Å². The van der Waals surface area contributed by atoms with Crippen LogP contribution >= 0.6 is 0 Å². The van der Waals surface area contributed by atoms with Crippen molar-refractivity contribution >= 4 is 5.78 Å². The maximum Gasteiger partial charge on any atom is 0.274 e. The van der Waals surface area contributed by atoms with Gasteiger partial charge >= 0.3 is 0 Å². The Morgan fingerprint density at radius 2 is 2.08 bits per heavy atom. The van der Waals surface area contributed by atoms with Crippen LogP contribution in [0.3, 0.4) is 0 Å². The van der Waals surface area contributed by atoms with Crippen LogP contribution in [0.1, 0.15) is 15.9 Å². The third-order valence-electron chi connectivity index (χ3n) is 2.03. The fourth-order valence-corrected chi connectivity index (χ4v) is 1.43. The van der Waals surface area contributed by atoms with Gasteiger partial charge in [0.15, 0.2) is 0 Å². The summed E-state index contributed by atoms with van der Waals surface area (Å²) in [6.07, 6.45) is -0.220. The van der Waals surface area contributed by atoms with E-state index in [9.17, 15) is 9.18 Å². The average Bonchev–Trinajstić information content (AvgIpc) is 2.24. The molecule has 2 rings (SSSR count). The van der Waals surface area contributed by atoms with Crippen molar-refractivity contribution in [3.05, 3.63) is 35.4 Å². The fraction of sp³-hybridized carbons (Fsp3) is 0.222. The number of halogens is 1. The van der Waals surface area contributed by atoms with Gasteiger partial charge in [-0.2, -0.15) is 0 Å². The number of Topliss-reactive ketones (excluding diaryl/α,β-unsaturated/α-hetero) is 1. The smallest absolute Gasteiger partial charge is 0.274 e. The van der Waals surface area contributed by atoms with Crippen LogP contribution < -0.4 is 0 Å². The van der Waals surface area contributed by atoms with Gasteiger partial charge in [0.25, 0.3) is 5.85 Å². The molecule has 0 aromatic heterocycles. The number of hydrogen-bond acceptors (Lipinski definition) is 2. The molecule has 1 aliphatic carbocycles. The summed E-state index contributed by atoms with van der Waals surface area (Å²) < 4.78 is 13.0. The fourth-order valence-electron chi connectivity index (χ4n) is 1.43. The summed E-state index contributed by atoms with van der Waals surface area (Å²) in [5, 5.41) is 8.97. The topological polar surface area (TPSA) is 37.3 Å². The van der Waals surface area contributed by atoms with Gasteiger partial charge in [-0.05, 0) is 5.56 Å². The van der Waals surface area contributed by atoms with Crippen molar-refractivity contribution in [2.45, 2.75) is 12.3 Å². The third-order valence-corrected chi connectivity index (χ3v) is 2.03. The van der Waals surface area contributed by atoms with Gasteiger partial charge in [-0.3, -0.25) is 4.79 Å². The molecule has 1 aromatic rings. The van der Waals surface area contributed by atoms with Crippen molar-refractivity contribution in [2.24, 2.45) is 0 Å². The van der Waals surface area contributed by atoms with Crippen molar-refractivity contribution in [1.82, 2.24) is 0 Å². The number of alkyl halides is 1. The highest BCUT2D eigenvalue weighted by atomic mass is 19.2. The van der Waals surface area contributed by atoms with Crippen LogP contribution in [0.15, 0.2) is 24.3 Å². The van der Waals surface area contributed by atoms with Crippen LogP contribution in [-0.4, -0.2) is 16.7 Å². The zero-order valence-electron chi connectivity index (χ0n) is 6.25. The third kappa shape index (κ3) is 0.865. The number of carbonyl (C=O) groups excluding carboxylic acids is 1. The molecule has 0 spiro atoms. The molecule has 1 atom stereocenters. The zero-order valence-corrected chi connectivity index (χ0v) is 6.25. The molecule has 0 aliphatic heterocycles. The highest BCUT2D eigenvalue weighted by Gasteiger charge is 2.43. The highest BCUT2D eigenvalue weighted by molar-refractivity contribution is 6.05. The van der Waals surface area contributed by atoms with E-state index in [0.717, 1.165) is 0 Å². The van der Waals surface area contributed by atoms with Crippen LogP contribution in [0, 0.1) is 0 Å². The van der Waals surface area contributed by atoms with Gasteiger partial charge in [0.05, 0.1) is 0 Å². The molecule has 0 bridgehead atoms. The van der Waals surface area contributed by atoms with Gasteiger partial charge in [0, 0.05) is 12.0 Å². The summed E-state index contributed by atoms with van der Waals surface area (Å²) in [7, 11) is 0. The van der Waals surface area contributed by atoms with E-state index in [1.807, 2.05) is 0 Å². The zero-order chi connectivity index (χ0) is 8.77. The first kappa shape index (κ1) is 7.43. The quantitative estimate of drug-likeness (QED) is 0.626. The van der Waals surface area contributed by atoms with Crippen LogP contribution in [-0.2, 0) is 6.42 Å². The summed E-state index contributed by atoms with van der Waals surface area (Å²) in [4.78, 5) is 11.1. The second-order valence-corrected chi connectivity index (χ2v) is 2.92. The number of ketones is 1. The molecule has 0 fully saturated rings. The van der Waals surface area contributed by atoms with Crippen LogP contribution in [0.25, 0.3) is 0 Å². The lowest BCUT2D eigenvalue weighted by Gasteiger charge is -2.06. The Kier molecular flexibility index (Phi) is 1.32. The minimum atomic E-state index is -2.68. The Bertz CT molecular complexity index is 344. The number of fused-ring (bicyclic) bond motifs is 1. The Labute approximate surface area is 68.6 Å². The maximum atomic E-state index is 13.0. The predicted molar refractivity (Wildman–Crippen MR) is 40.5 cm³/mol. The first-order valence-electron chi connectivity index (χ1n) is 3.65. The molecule has 3 heteroatoms. The minimum absolute atomic E-state index is 0.220. The van der Waals surface area contributed by atoms with Crippen molar-refractivity contribution in [3.8, 4) is 0 Å². The van der Waals surface area contributed by atoms with Gasteiger partial charge in [-0.25, -0.2) is 4.39 Å². The van der Waals surface area contributed by atoms with Gasteiger partial charge in [0.2, 0.25) is 5.78 Å². The largest absolute Gasteiger partial charge is 0.355 e. The van der Waals surface area contributed by atoms with Crippen LogP contribution in [0.5, 0.6) is 0 Å². The molecule has 12 heavy (non-hydrogen) atoms. The van der Waals surface area contributed by atoms with Gasteiger partial charge in [0.1, 0.15) is 0 Å². The minimum Gasteiger partial charge on any atom is -0.355 e. The van der Waals surface area contributed by atoms with Crippen LogP contribution in [0.2, 0.25) is 0 Å².